The quantitative estimate of drug-likeness (QED) is 0.436. The minimum atomic E-state index is -0.700. The first-order chi connectivity index (χ1) is 11.1. The van der Waals surface area contributed by atoms with Crippen molar-refractivity contribution in [1.82, 2.24) is 0 Å². The van der Waals surface area contributed by atoms with E-state index in [1.54, 1.807) is 0 Å². The van der Waals surface area contributed by atoms with Crippen molar-refractivity contribution in [1.29, 1.82) is 0 Å². The van der Waals surface area contributed by atoms with Crippen LogP contribution in [0.5, 0.6) is 0 Å². The van der Waals surface area contributed by atoms with Crippen molar-refractivity contribution in [3.63, 3.8) is 0 Å². The largest absolute Gasteiger partial charge is 0.480 e. The number of thiophene rings is 1. The van der Waals surface area contributed by atoms with Gasteiger partial charge in [0.15, 0.2) is 0 Å². The summed E-state index contributed by atoms with van der Waals surface area (Å²) in [6, 6.07) is 12.4. The monoisotopic (exact) mass is 348 g/mol. The lowest BCUT2D eigenvalue weighted by atomic mass is 10.1. The second kappa shape index (κ2) is 9.78. The number of hydrogen-bond donors (Lipinski definition) is 1. The van der Waals surface area contributed by atoms with Crippen LogP contribution in [0, 0.1) is 6.92 Å². The highest BCUT2D eigenvalue weighted by Gasteiger charge is 2.18. The van der Waals surface area contributed by atoms with Crippen molar-refractivity contribution in [2.75, 3.05) is 0 Å². The molecular formula is C19H24O2S2. The normalized spacial score (nSPS) is 12.2. The molecule has 1 N–H and O–H groups in total. The van der Waals surface area contributed by atoms with Gasteiger partial charge in [-0.05, 0) is 49.8 Å². The van der Waals surface area contributed by atoms with Gasteiger partial charge >= 0.3 is 5.97 Å². The first-order valence-corrected chi connectivity index (χ1v) is 9.89. The molecule has 0 aliphatic carbocycles. The fraction of sp³-hybridized carbons (Fsp3) is 0.421. The predicted molar refractivity (Wildman–Crippen MR) is 99.6 cm³/mol. The van der Waals surface area contributed by atoms with Gasteiger partial charge < -0.3 is 5.11 Å². The highest BCUT2D eigenvalue weighted by atomic mass is 32.2. The van der Waals surface area contributed by atoms with E-state index >= 15 is 0 Å². The van der Waals surface area contributed by atoms with Crippen molar-refractivity contribution < 1.29 is 9.90 Å². The molecule has 23 heavy (non-hydrogen) atoms. The van der Waals surface area contributed by atoms with Crippen LogP contribution in [0.15, 0.2) is 46.7 Å². The first-order valence-electron chi connectivity index (χ1n) is 8.13. The van der Waals surface area contributed by atoms with Crippen LogP contribution < -0.4 is 0 Å². The summed E-state index contributed by atoms with van der Waals surface area (Å²) < 4.78 is 0. The molecule has 124 valence electrons. The Labute approximate surface area is 146 Å². The number of aryl methyl sites for hydroxylation is 2. The Morgan fingerprint density at radius 2 is 1.87 bits per heavy atom. The molecule has 1 unspecified atom stereocenters. The summed E-state index contributed by atoms with van der Waals surface area (Å²) in [5, 5.41) is 11.2. The molecule has 0 saturated heterocycles. The number of rotatable bonds is 10. The topological polar surface area (TPSA) is 37.3 Å². The van der Waals surface area contributed by atoms with Crippen LogP contribution in [-0.2, 0) is 11.2 Å². The molecule has 2 nitrogen and oxygen atoms in total. The molecule has 0 radical (unpaired) electrons. The van der Waals surface area contributed by atoms with Crippen LogP contribution in [0.3, 0.4) is 0 Å². The lowest BCUT2D eigenvalue weighted by molar-refractivity contribution is -0.136. The van der Waals surface area contributed by atoms with Crippen LogP contribution in [-0.4, -0.2) is 16.3 Å². The number of aliphatic carboxylic acids is 1. The molecule has 0 fully saturated rings. The predicted octanol–water partition coefficient (Wildman–Crippen LogP) is 5.80. The Balaban J connectivity index is 1.66. The number of unbranched alkanes of at least 4 members (excludes halogenated alkanes) is 3. The number of hydrogen-bond acceptors (Lipinski definition) is 3. The van der Waals surface area contributed by atoms with Crippen molar-refractivity contribution in [2.24, 2.45) is 0 Å². The summed E-state index contributed by atoms with van der Waals surface area (Å²) in [5.41, 5.74) is 1.20. The number of benzene rings is 1. The maximum atomic E-state index is 11.4. The van der Waals surface area contributed by atoms with Gasteiger partial charge in [-0.2, -0.15) is 0 Å². The molecule has 2 rings (SSSR count). The van der Waals surface area contributed by atoms with Crippen LogP contribution in [0.1, 0.15) is 42.5 Å². The molecule has 0 bridgehead atoms. The van der Waals surface area contributed by atoms with Crippen LogP contribution in [0.2, 0.25) is 0 Å². The number of thioether (sulfide) groups is 1. The van der Waals surface area contributed by atoms with E-state index in [2.05, 4.69) is 17.5 Å². The second-order valence-electron chi connectivity index (χ2n) is 5.79. The average Bonchev–Trinajstić information content (AvgIpc) is 3.04. The maximum absolute atomic E-state index is 11.4. The van der Waals surface area contributed by atoms with Crippen molar-refractivity contribution in [3.05, 3.63) is 52.2 Å². The molecule has 0 aliphatic heterocycles. The van der Waals surface area contributed by atoms with Gasteiger partial charge in [-0.1, -0.05) is 43.0 Å². The van der Waals surface area contributed by atoms with Crippen molar-refractivity contribution in [2.45, 2.75) is 55.6 Å². The van der Waals surface area contributed by atoms with Gasteiger partial charge in [0.2, 0.25) is 0 Å². The van der Waals surface area contributed by atoms with E-state index < -0.39 is 5.97 Å². The zero-order valence-electron chi connectivity index (χ0n) is 13.5. The van der Waals surface area contributed by atoms with E-state index in [1.165, 1.54) is 35.0 Å². The minimum Gasteiger partial charge on any atom is -0.480 e. The fourth-order valence-corrected chi connectivity index (χ4v) is 4.21. The third kappa shape index (κ3) is 6.80. The molecule has 0 aliphatic rings. The molecule has 0 saturated carbocycles. The van der Waals surface area contributed by atoms with Crippen molar-refractivity contribution in [3.8, 4) is 0 Å². The number of carboxylic acid groups (broad SMARTS) is 1. The Morgan fingerprint density at radius 3 is 2.52 bits per heavy atom. The first kappa shape index (κ1) is 18.1. The maximum Gasteiger partial charge on any atom is 0.316 e. The van der Waals surface area contributed by atoms with E-state index in [1.807, 2.05) is 42.5 Å². The molecule has 1 atom stereocenters. The summed E-state index contributed by atoms with van der Waals surface area (Å²) in [4.78, 5) is 13.9. The Kier molecular flexibility index (Phi) is 7.69. The van der Waals surface area contributed by atoms with Gasteiger partial charge in [-0.15, -0.1) is 23.1 Å². The summed E-state index contributed by atoms with van der Waals surface area (Å²) in [7, 11) is 0. The van der Waals surface area contributed by atoms with Gasteiger partial charge in [-0.3, -0.25) is 4.79 Å². The Bertz CT molecular complexity index is 576. The average molecular weight is 349 g/mol. The molecule has 0 spiro atoms. The van der Waals surface area contributed by atoms with Gasteiger partial charge in [-0.25, -0.2) is 0 Å². The zero-order chi connectivity index (χ0) is 16.5. The number of carbonyl (C=O) groups is 1. The molecule has 2 aromatic rings. The van der Waals surface area contributed by atoms with E-state index in [0.717, 1.165) is 30.6 Å². The summed E-state index contributed by atoms with van der Waals surface area (Å²) in [6.07, 6.45) is 6.37. The van der Waals surface area contributed by atoms with E-state index in [9.17, 15) is 9.90 Å². The highest BCUT2D eigenvalue weighted by Crippen LogP contribution is 2.27. The molecule has 1 heterocycles. The lowest BCUT2D eigenvalue weighted by Crippen LogP contribution is -2.16. The second-order valence-corrected chi connectivity index (χ2v) is 8.10. The van der Waals surface area contributed by atoms with Crippen molar-refractivity contribution >= 4 is 29.1 Å². The smallest absolute Gasteiger partial charge is 0.316 e. The summed E-state index contributed by atoms with van der Waals surface area (Å²) in [5.74, 6) is -0.700. The third-order valence-electron chi connectivity index (χ3n) is 3.79. The fourth-order valence-electron chi connectivity index (χ4n) is 2.45. The van der Waals surface area contributed by atoms with Gasteiger partial charge in [0.1, 0.15) is 5.25 Å². The molecule has 1 aromatic carbocycles. The van der Waals surface area contributed by atoms with E-state index in [0.29, 0.717) is 0 Å². The standard InChI is InChI=1S/C19H24O2S2/c1-15-10-12-17(13-11-15)23-18(19(20)21)9-5-3-2-4-7-16-8-6-14-22-16/h6,8,10-14,18H,2-5,7,9H2,1H3,(H,20,21). The van der Waals surface area contributed by atoms with Gasteiger partial charge in [0.05, 0.1) is 0 Å². The van der Waals surface area contributed by atoms with Gasteiger partial charge in [0.25, 0.3) is 0 Å². The van der Waals surface area contributed by atoms with E-state index in [4.69, 9.17) is 0 Å². The van der Waals surface area contributed by atoms with Gasteiger partial charge in [0, 0.05) is 9.77 Å². The van der Waals surface area contributed by atoms with Crippen LogP contribution in [0.25, 0.3) is 0 Å². The third-order valence-corrected chi connectivity index (χ3v) is 6.00. The Hall–Kier alpha value is -1.26. The SMILES string of the molecule is Cc1ccc(SC(CCCCCCc2cccs2)C(=O)O)cc1. The minimum absolute atomic E-state index is 0.338. The molecule has 4 heteroatoms. The number of carboxylic acids is 1. The summed E-state index contributed by atoms with van der Waals surface area (Å²) >= 11 is 3.29. The highest BCUT2D eigenvalue weighted by molar-refractivity contribution is 8.00. The zero-order valence-corrected chi connectivity index (χ0v) is 15.2. The summed E-state index contributed by atoms with van der Waals surface area (Å²) in [6.45, 7) is 2.04. The molecule has 1 aromatic heterocycles. The lowest BCUT2D eigenvalue weighted by Gasteiger charge is -2.12. The molecular weight excluding hydrogens is 324 g/mol. The van der Waals surface area contributed by atoms with Crippen LogP contribution >= 0.6 is 23.1 Å². The van der Waals surface area contributed by atoms with Crippen LogP contribution in [0.4, 0.5) is 0 Å². The Morgan fingerprint density at radius 1 is 1.13 bits per heavy atom. The molecule has 0 amide bonds. The van der Waals surface area contributed by atoms with E-state index in [-0.39, 0.29) is 5.25 Å².